The van der Waals surface area contributed by atoms with Crippen LogP contribution in [0.15, 0.2) is 48.5 Å². The second kappa shape index (κ2) is 6.66. The summed E-state index contributed by atoms with van der Waals surface area (Å²) in [7, 11) is 0. The van der Waals surface area contributed by atoms with Gasteiger partial charge < -0.3 is 14.4 Å². The minimum absolute atomic E-state index is 0.154. The monoisotopic (exact) mass is 351 g/mol. The van der Waals surface area contributed by atoms with Gasteiger partial charge in [-0.15, -0.1) is 0 Å². The number of carbonyl (C=O) groups is 1. The van der Waals surface area contributed by atoms with E-state index < -0.39 is 23.8 Å². The van der Waals surface area contributed by atoms with Crippen LogP contribution in [0.4, 0.5) is 24.5 Å². The number of rotatable bonds is 3. The fourth-order valence-electron chi connectivity index (χ4n) is 2.67. The summed E-state index contributed by atoms with van der Waals surface area (Å²) in [5.41, 5.74) is 0.501. The van der Waals surface area contributed by atoms with E-state index in [4.69, 9.17) is 9.47 Å². The lowest BCUT2D eigenvalue weighted by Gasteiger charge is -2.35. The standard InChI is InChI=1S/C18H16F3NO3/c1-2-24-17(23)16-11-22(14-5-3-4-6-15(14)25-16)13-9-7-12(8-10-13)18(19,20)21/h3-10,16H,2,11H2,1H3. The zero-order valence-corrected chi connectivity index (χ0v) is 13.4. The highest BCUT2D eigenvalue weighted by atomic mass is 19.4. The van der Waals surface area contributed by atoms with Gasteiger partial charge in [-0.25, -0.2) is 4.79 Å². The Morgan fingerprint density at radius 3 is 2.52 bits per heavy atom. The van der Waals surface area contributed by atoms with E-state index in [2.05, 4.69) is 0 Å². The van der Waals surface area contributed by atoms with Crippen LogP contribution in [-0.2, 0) is 15.7 Å². The van der Waals surface area contributed by atoms with Crippen LogP contribution in [0.25, 0.3) is 0 Å². The Morgan fingerprint density at radius 2 is 1.88 bits per heavy atom. The van der Waals surface area contributed by atoms with Crippen molar-refractivity contribution in [2.45, 2.75) is 19.2 Å². The minimum Gasteiger partial charge on any atom is -0.475 e. The zero-order valence-electron chi connectivity index (χ0n) is 13.4. The second-order valence-corrected chi connectivity index (χ2v) is 5.48. The molecule has 0 bridgehead atoms. The maximum Gasteiger partial charge on any atom is 0.416 e. The van der Waals surface area contributed by atoms with Gasteiger partial charge in [0.25, 0.3) is 0 Å². The Morgan fingerprint density at radius 1 is 1.20 bits per heavy atom. The van der Waals surface area contributed by atoms with Crippen LogP contribution >= 0.6 is 0 Å². The van der Waals surface area contributed by atoms with Gasteiger partial charge in [0.05, 0.1) is 24.4 Å². The van der Waals surface area contributed by atoms with E-state index in [0.29, 0.717) is 17.1 Å². The molecule has 0 fully saturated rings. The molecule has 3 rings (SSSR count). The normalized spacial score (nSPS) is 16.8. The number of nitrogens with zero attached hydrogens (tertiary/aromatic N) is 1. The molecule has 0 aliphatic carbocycles. The topological polar surface area (TPSA) is 38.8 Å². The lowest BCUT2D eigenvalue weighted by atomic mass is 10.1. The lowest BCUT2D eigenvalue weighted by molar-refractivity contribution is -0.151. The third kappa shape index (κ3) is 3.55. The number of para-hydroxylation sites is 2. The van der Waals surface area contributed by atoms with Gasteiger partial charge >= 0.3 is 12.1 Å². The van der Waals surface area contributed by atoms with Gasteiger partial charge in [0, 0.05) is 5.69 Å². The van der Waals surface area contributed by atoms with E-state index in [1.165, 1.54) is 12.1 Å². The molecule has 4 nitrogen and oxygen atoms in total. The van der Waals surface area contributed by atoms with Crippen LogP contribution in [0.5, 0.6) is 5.75 Å². The van der Waals surface area contributed by atoms with Gasteiger partial charge in [0.15, 0.2) is 0 Å². The number of ether oxygens (including phenoxy) is 2. The molecule has 0 aromatic heterocycles. The minimum atomic E-state index is -4.39. The number of hydrogen-bond donors (Lipinski definition) is 0. The molecule has 25 heavy (non-hydrogen) atoms. The van der Waals surface area contributed by atoms with Crippen LogP contribution in [0.1, 0.15) is 12.5 Å². The summed E-state index contributed by atoms with van der Waals surface area (Å²) in [5, 5.41) is 0. The van der Waals surface area contributed by atoms with Gasteiger partial charge in [-0.2, -0.15) is 13.2 Å². The number of alkyl halides is 3. The average Bonchev–Trinajstić information content (AvgIpc) is 2.60. The predicted octanol–water partition coefficient (Wildman–Crippen LogP) is 4.17. The maximum atomic E-state index is 12.8. The number of halogens is 3. The summed E-state index contributed by atoms with van der Waals surface area (Å²) < 4.78 is 49.0. The van der Waals surface area contributed by atoms with Crippen molar-refractivity contribution in [3.63, 3.8) is 0 Å². The van der Waals surface area contributed by atoms with Crippen LogP contribution in [0.3, 0.4) is 0 Å². The number of fused-ring (bicyclic) bond motifs is 1. The Bertz CT molecular complexity index is 759. The SMILES string of the molecule is CCOC(=O)C1CN(c2ccc(C(F)(F)F)cc2)c2ccccc2O1. The Kier molecular flexibility index (Phi) is 4.57. The quantitative estimate of drug-likeness (QED) is 0.778. The molecule has 2 aromatic carbocycles. The summed E-state index contributed by atoms with van der Waals surface area (Å²) in [5.74, 6) is -0.0272. The highest BCUT2D eigenvalue weighted by Gasteiger charge is 2.33. The number of carbonyl (C=O) groups excluding carboxylic acids is 1. The number of hydrogen-bond acceptors (Lipinski definition) is 4. The highest BCUT2D eigenvalue weighted by Crippen LogP contribution is 2.39. The number of esters is 1. The predicted molar refractivity (Wildman–Crippen MR) is 85.9 cm³/mol. The summed E-state index contributed by atoms with van der Waals surface area (Å²) in [6.07, 6.45) is -5.24. The van der Waals surface area contributed by atoms with Crippen LogP contribution in [0, 0.1) is 0 Å². The summed E-state index contributed by atoms with van der Waals surface area (Å²) in [4.78, 5) is 13.8. The molecular formula is C18H16F3NO3. The van der Waals surface area contributed by atoms with Crippen LogP contribution in [0.2, 0.25) is 0 Å². The molecule has 0 saturated heterocycles. The second-order valence-electron chi connectivity index (χ2n) is 5.48. The molecule has 1 heterocycles. The zero-order chi connectivity index (χ0) is 18.0. The van der Waals surface area contributed by atoms with Crippen molar-refractivity contribution in [3.05, 3.63) is 54.1 Å². The summed E-state index contributed by atoms with van der Waals surface area (Å²) >= 11 is 0. The summed E-state index contributed by atoms with van der Waals surface area (Å²) in [6, 6.07) is 11.9. The average molecular weight is 351 g/mol. The maximum absolute atomic E-state index is 12.8. The number of benzene rings is 2. The first-order chi connectivity index (χ1) is 11.9. The van der Waals surface area contributed by atoms with Crippen molar-refractivity contribution in [1.29, 1.82) is 0 Å². The molecule has 0 N–H and O–H groups in total. The smallest absolute Gasteiger partial charge is 0.416 e. The van der Waals surface area contributed by atoms with Crippen molar-refractivity contribution >= 4 is 17.3 Å². The molecule has 0 spiro atoms. The summed E-state index contributed by atoms with van der Waals surface area (Å²) in [6.45, 7) is 2.07. The van der Waals surface area contributed by atoms with Crippen molar-refractivity contribution in [1.82, 2.24) is 0 Å². The van der Waals surface area contributed by atoms with Gasteiger partial charge in [-0.05, 0) is 43.3 Å². The molecule has 1 aliphatic heterocycles. The molecule has 1 aliphatic rings. The Balaban J connectivity index is 1.94. The van der Waals surface area contributed by atoms with Gasteiger partial charge in [0.2, 0.25) is 6.10 Å². The van der Waals surface area contributed by atoms with E-state index in [0.717, 1.165) is 12.1 Å². The van der Waals surface area contributed by atoms with Gasteiger partial charge in [-0.3, -0.25) is 0 Å². The largest absolute Gasteiger partial charge is 0.475 e. The van der Waals surface area contributed by atoms with Gasteiger partial charge in [-0.1, -0.05) is 12.1 Å². The Hall–Kier alpha value is -2.70. The van der Waals surface area contributed by atoms with E-state index >= 15 is 0 Å². The molecular weight excluding hydrogens is 335 g/mol. The lowest BCUT2D eigenvalue weighted by Crippen LogP contribution is -2.43. The van der Waals surface area contributed by atoms with E-state index in [1.807, 2.05) is 0 Å². The van der Waals surface area contributed by atoms with Crippen LogP contribution in [-0.4, -0.2) is 25.2 Å². The van der Waals surface area contributed by atoms with Crippen molar-refractivity contribution < 1.29 is 27.4 Å². The molecule has 1 unspecified atom stereocenters. The van der Waals surface area contributed by atoms with Crippen LogP contribution < -0.4 is 9.64 Å². The van der Waals surface area contributed by atoms with Crippen molar-refractivity contribution in [3.8, 4) is 5.75 Å². The highest BCUT2D eigenvalue weighted by molar-refractivity contribution is 5.80. The molecule has 0 amide bonds. The first kappa shape index (κ1) is 17.1. The molecule has 0 saturated carbocycles. The Labute approximate surface area is 142 Å². The molecule has 0 radical (unpaired) electrons. The number of anilines is 2. The first-order valence-electron chi connectivity index (χ1n) is 7.77. The molecule has 132 valence electrons. The first-order valence-corrected chi connectivity index (χ1v) is 7.77. The van der Waals surface area contributed by atoms with E-state index in [1.54, 1.807) is 36.1 Å². The van der Waals surface area contributed by atoms with Gasteiger partial charge in [0.1, 0.15) is 5.75 Å². The third-order valence-electron chi connectivity index (χ3n) is 3.83. The van der Waals surface area contributed by atoms with Crippen molar-refractivity contribution in [2.75, 3.05) is 18.1 Å². The molecule has 2 aromatic rings. The van der Waals surface area contributed by atoms with E-state index in [9.17, 15) is 18.0 Å². The molecule has 1 atom stereocenters. The van der Waals surface area contributed by atoms with E-state index in [-0.39, 0.29) is 13.2 Å². The third-order valence-corrected chi connectivity index (χ3v) is 3.83. The fraction of sp³-hybridized carbons (Fsp3) is 0.278. The van der Waals surface area contributed by atoms with Crippen molar-refractivity contribution in [2.24, 2.45) is 0 Å². The fourth-order valence-corrected chi connectivity index (χ4v) is 2.67. The molecule has 7 heteroatoms.